The van der Waals surface area contributed by atoms with Crippen molar-refractivity contribution in [3.05, 3.63) is 51.2 Å². The van der Waals surface area contributed by atoms with Crippen molar-refractivity contribution in [1.29, 1.82) is 0 Å². The lowest BCUT2D eigenvalue weighted by Crippen LogP contribution is -1.92. The molecule has 0 atom stereocenters. The fraction of sp³-hybridized carbons (Fsp3) is 0.308. The van der Waals surface area contributed by atoms with E-state index >= 15 is 0 Å². The fourth-order valence-corrected chi connectivity index (χ4v) is 3.30. The van der Waals surface area contributed by atoms with E-state index in [1.807, 2.05) is 12.1 Å². The molecule has 2 aromatic rings. The quantitative estimate of drug-likeness (QED) is 0.775. The van der Waals surface area contributed by atoms with Crippen molar-refractivity contribution >= 4 is 11.3 Å². The third-order valence-electron chi connectivity index (χ3n) is 2.94. The second kappa shape index (κ2) is 3.98. The van der Waals surface area contributed by atoms with Crippen molar-refractivity contribution in [2.75, 3.05) is 0 Å². The SMILES string of the molecule is Fc1ccccc1Cc1nc2c(s1)CCC2. The number of fused-ring (bicyclic) bond motifs is 1. The minimum atomic E-state index is -0.127. The number of halogens is 1. The molecule has 1 aliphatic carbocycles. The van der Waals surface area contributed by atoms with Crippen LogP contribution in [0.1, 0.15) is 27.6 Å². The molecular formula is C13H12FNS. The van der Waals surface area contributed by atoms with Gasteiger partial charge in [-0.05, 0) is 30.9 Å². The monoisotopic (exact) mass is 233 g/mol. The lowest BCUT2D eigenvalue weighted by molar-refractivity contribution is 0.613. The Morgan fingerprint density at radius 1 is 1.25 bits per heavy atom. The molecule has 1 aliphatic rings. The summed E-state index contributed by atoms with van der Waals surface area (Å²) in [6.45, 7) is 0. The molecular weight excluding hydrogens is 221 g/mol. The Kier molecular flexibility index (Phi) is 2.48. The highest BCUT2D eigenvalue weighted by atomic mass is 32.1. The number of aromatic nitrogens is 1. The van der Waals surface area contributed by atoms with Gasteiger partial charge in [-0.2, -0.15) is 0 Å². The fourth-order valence-electron chi connectivity index (χ4n) is 2.12. The largest absolute Gasteiger partial charge is 0.246 e. The van der Waals surface area contributed by atoms with Gasteiger partial charge in [0.05, 0.1) is 10.7 Å². The molecule has 82 valence electrons. The van der Waals surface area contributed by atoms with E-state index in [1.54, 1.807) is 17.4 Å². The van der Waals surface area contributed by atoms with Crippen molar-refractivity contribution < 1.29 is 4.39 Å². The van der Waals surface area contributed by atoms with Crippen LogP contribution in [0.5, 0.6) is 0 Å². The summed E-state index contributed by atoms with van der Waals surface area (Å²) < 4.78 is 13.5. The summed E-state index contributed by atoms with van der Waals surface area (Å²) in [5, 5.41) is 1.05. The van der Waals surface area contributed by atoms with Crippen molar-refractivity contribution in [1.82, 2.24) is 4.98 Å². The van der Waals surface area contributed by atoms with E-state index in [9.17, 15) is 4.39 Å². The minimum absolute atomic E-state index is 0.127. The van der Waals surface area contributed by atoms with Gasteiger partial charge < -0.3 is 0 Å². The normalized spacial score (nSPS) is 14.1. The summed E-state index contributed by atoms with van der Waals surface area (Å²) >= 11 is 1.75. The maximum absolute atomic E-state index is 13.5. The summed E-state index contributed by atoms with van der Waals surface area (Å²) in [7, 11) is 0. The molecule has 0 spiro atoms. The molecule has 0 saturated heterocycles. The Balaban J connectivity index is 1.87. The van der Waals surface area contributed by atoms with Crippen LogP contribution in [0.4, 0.5) is 4.39 Å². The molecule has 0 amide bonds. The maximum Gasteiger partial charge on any atom is 0.126 e. The Hall–Kier alpha value is -1.22. The zero-order chi connectivity index (χ0) is 11.0. The second-order valence-electron chi connectivity index (χ2n) is 4.10. The molecule has 0 aliphatic heterocycles. The Bertz CT molecular complexity index is 497. The highest BCUT2D eigenvalue weighted by molar-refractivity contribution is 7.11. The minimum Gasteiger partial charge on any atom is -0.246 e. The molecule has 0 bridgehead atoms. The number of nitrogens with zero attached hydrogens (tertiary/aromatic N) is 1. The summed E-state index contributed by atoms with van der Waals surface area (Å²) in [4.78, 5) is 5.99. The lowest BCUT2D eigenvalue weighted by Gasteiger charge is -1.99. The third-order valence-corrected chi connectivity index (χ3v) is 4.10. The van der Waals surface area contributed by atoms with Crippen LogP contribution in [-0.2, 0) is 19.3 Å². The van der Waals surface area contributed by atoms with Crippen LogP contribution in [0.3, 0.4) is 0 Å². The number of hydrogen-bond donors (Lipinski definition) is 0. The van der Waals surface area contributed by atoms with E-state index in [1.165, 1.54) is 23.1 Å². The molecule has 16 heavy (non-hydrogen) atoms. The van der Waals surface area contributed by atoms with Gasteiger partial charge in [0.15, 0.2) is 0 Å². The van der Waals surface area contributed by atoms with E-state index in [2.05, 4.69) is 4.98 Å². The number of hydrogen-bond acceptors (Lipinski definition) is 2. The molecule has 1 aromatic carbocycles. The van der Waals surface area contributed by atoms with E-state index in [4.69, 9.17) is 0 Å². The van der Waals surface area contributed by atoms with Gasteiger partial charge in [0.2, 0.25) is 0 Å². The smallest absolute Gasteiger partial charge is 0.126 e. The summed E-state index contributed by atoms with van der Waals surface area (Å²) in [6.07, 6.45) is 4.12. The highest BCUT2D eigenvalue weighted by Gasteiger charge is 2.17. The molecule has 1 heterocycles. The molecule has 1 aromatic heterocycles. The van der Waals surface area contributed by atoms with Crippen LogP contribution in [0.2, 0.25) is 0 Å². The first kappa shape index (κ1) is 9.97. The number of benzene rings is 1. The van der Waals surface area contributed by atoms with Gasteiger partial charge in [-0.25, -0.2) is 9.37 Å². The first-order chi connectivity index (χ1) is 7.83. The highest BCUT2D eigenvalue weighted by Crippen LogP contribution is 2.28. The van der Waals surface area contributed by atoms with Gasteiger partial charge in [-0.15, -0.1) is 11.3 Å². The maximum atomic E-state index is 13.5. The molecule has 3 heteroatoms. The van der Waals surface area contributed by atoms with Gasteiger partial charge in [0, 0.05) is 11.3 Å². The first-order valence-electron chi connectivity index (χ1n) is 5.54. The van der Waals surface area contributed by atoms with Gasteiger partial charge in [0.1, 0.15) is 5.82 Å². The van der Waals surface area contributed by atoms with Crippen LogP contribution >= 0.6 is 11.3 Å². The zero-order valence-corrected chi connectivity index (χ0v) is 9.69. The molecule has 0 unspecified atom stereocenters. The number of rotatable bonds is 2. The summed E-state index contributed by atoms with van der Waals surface area (Å²) in [5.74, 6) is -0.127. The van der Waals surface area contributed by atoms with E-state index < -0.39 is 0 Å². The Labute approximate surface area is 98.0 Å². The van der Waals surface area contributed by atoms with E-state index in [0.717, 1.165) is 23.4 Å². The van der Waals surface area contributed by atoms with Crippen LogP contribution in [-0.4, -0.2) is 4.98 Å². The van der Waals surface area contributed by atoms with Crippen molar-refractivity contribution in [2.24, 2.45) is 0 Å². The lowest BCUT2D eigenvalue weighted by atomic mass is 10.1. The summed E-state index contributed by atoms with van der Waals surface area (Å²) in [5.41, 5.74) is 1.99. The zero-order valence-electron chi connectivity index (χ0n) is 8.87. The van der Waals surface area contributed by atoms with Gasteiger partial charge >= 0.3 is 0 Å². The summed E-state index contributed by atoms with van der Waals surface area (Å²) in [6, 6.07) is 6.94. The second-order valence-corrected chi connectivity index (χ2v) is 5.27. The Morgan fingerprint density at radius 3 is 2.94 bits per heavy atom. The third kappa shape index (κ3) is 1.76. The Morgan fingerprint density at radius 2 is 2.12 bits per heavy atom. The first-order valence-corrected chi connectivity index (χ1v) is 6.35. The van der Waals surface area contributed by atoms with Crippen LogP contribution in [0.25, 0.3) is 0 Å². The number of thiazole rings is 1. The van der Waals surface area contributed by atoms with Crippen molar-refractivity contribution in [3.8, 4) is 0 Å². The van der Waals surface area contributed by atoms with Crippen LogP contribution in [0.15, 0.2) is 24.3 Å². The van der Waals surface area contributed by atoms with Gasteiger partial charge in [-0.1, -0.05) is 18.2 Å². The predicted octanol–water partition coefficient (Wildman–Crippen LogP) is 3.36. The molecule has 0 saturated carbocycles. The molecule has 0 radical (unpaired) electrons. The van der Waals surface area contributed by atoms with Crippen LogP contribution < -0.4 is 0 Å². The molecule has 0 N–H and O–H groups in total. The average Bonchev–Trinajstić information content (AvgIpc) is 2.81. The van der Waals surface area contributed by atoms with Gasteiger partial charge in [0.25, 0.3) is 0 Å². The molecule has 1 nitrogen and oxygen atoms in total. The topological polar surface area (TPSA) is 12.9 Å². The molecule has 3 rings (SSSR count). The van der Waals surface area contributed by atoms with E-state index in [0.29, 0.717) is 6.42 Å². The predicted molar refractivity (Wildman–Crippen MR) is 63.3 cm³/mol. The van der Waals surface area contributed by atoms with Gasteiger partial charge in [-0.3, -0.25) is 0 Å². The van der Waals surface area contributed by atoms with Crippen LogP contribution in [0, 0.1) is 5.82 Å². The molecule has 0 fully saturated rings. The van der Waals surface area contributed by atoms with Crippen molar-refractivity contribution in [2.45, 2.75) is 25.7 Å². The standard InChI is InChI=1S/C13H12FNS/c14-10-5-2-1-4-9(10)8-13-15-11-6-3-7-12(11)16-13/h1-2,4-5H,3,6-8H2. The van der Waals surface area contributed by atoms with E-state index in [-0.39, 0.29) is 5.82 Å². The average molecular weight is 233 g/mol. The van der Waals surface area contributed by atoms with Crippen molar-refractivity contribution in [3.63, 3.8) is 0 Å². The number of aryl methyl sites for hydroxylation is 2.